The fourth-order valence-electron chi connectivity index (χ4n) is 1.63. The van der Waals surface area contributed by atoms with E-state index < -0.39 is 0 Å². The summed E-state index contributed by atoms with van der Waals surface area (Å²) in [7, 11) is 1.77. The van der Waals surface area contributed by atoms with Crippen LogP contribution in [-0.4, -0.2) is 15.6 Å². The molecule has 0 spiro atoms. The molecule has 0 aliphatic carbocycles. The lowest BCUT2D eigenvalue weighted by molar-refractivity contribution is 0.103. The van der Waals surface area contributed by atoms with Gasteiger partial charge in [-0.1, -0.05) is 12.1 Å². The number of hydrogen-bond acceptors (Lipinski definition) is 2. The lowest BCUT2D eigenvalue weighted by Crippen LogP contribution is -2.08. The van der Waals surface area contributed by atoms with Crippen molar-refractivity contribution in [3.05, 3.63) is 52.8 Å². The molecule has 0 unspecified atom stereocenters. The smallest absolute Gasteiger partial charge is 0.211 e. The van der Waals surface area contributed by atoms with Gasteiger partial charge >= 0.3 is 0 Å². The fourth-order valence-corrected chi connectivity index (χ4v) is 1.63. The van der Waals surface area contributed by atoms with E-state index in [1.807, 2.05) is 32.0 Å². The standard InChI is InChI=1S/C13H14N2O/c1-9-4-5-11(8-10(9)2)13(16)12-6-7-14-15(12)3/h4-8H,1-3H3. The number of ketones is 1. The van der Waals surface area contributed by atoms with Gasteiger partial charge in [0.05, 0.1) is 0 Å². The van der Waals surface area contributed by atoms with Gasteiger partial charge in [-0.15, -0.1) is 0 Å². The van der Waals surface area contributed by atoms with E-state index in [9.17, 15) is 4.79 Å². The van der Waals surface area contributed by atoms with Crippen LogP contribution in [0.2, 0.25) is 0 Å². The Labute approximate surface area is 94.7 Å². The third-order valence-electron chi connectivity index (χ3n) is 2.82. The van der Waals surface area contributed by atoms with Crippen molar-refractivity contribution in [1.82, 2.24) is 9.78 Å². The van der Waals surface area contributed by atoms with Crippen molar-refractivity contribution in [2.24, 2.45) is 7.05 Å². The Kier molecular flexibility index (Phi) is 2.60. The number of nitrogens with zero attached hydrogens (tertiary/aromatic N) is 2. The molecule has 1 aromatic heterocycles. The van der Waals surface area contributed by atoms with Gasteiger partial charge in [0.15, 0.2) is 0 Å². The van der Waals surface area contributed by atoms with E-state index >= 15 is 0 Å². The second-order valence-electron chi connectivity index (χ2n) is 3.97. The second-order valence-corrected chi connectivity index (χ2v) is 3.97. The van der Waals surface area contributed by atoms with Gasteiger partial charge in [-0.05, 0) is 37.1 Å². The van der Waals surface area contributed by atoms with Crippen LogP contribution in [-0.2, 0) is 7.05 Å². The highest BCUT2D eigenvalue weighted by Crippen LogP contribution is 2.13. The van der Waals surface area contributed by atoms with Crippen LogP contribution in [0.1, 0.15) is 27.2 Å². The number of aryl methyl sites for hydroxylation is 3. The average Bonchev–Trinajstić information content (AvgIpc) is 2.67. The van der Waals surface area contributed by atoms with Crippen LogP contribution in [0, 0.1) is 13.8 Å². The Balaban J connectivity index is 2.42. The van der Waals surface area contributed by atoms with Crippen molar-refractivity contribution in [3.63, 3.8) is 0 Å². The van der Waals surface area contributed by atoms with Crippen molar-refractivity contribution in [2.45, 2.75) is 13.8 Å². The molecule has 0 aliphatic heterocycles. The van der Waals surface area contributed by atoms with Gasteiger partial charge in [0, 0.05) is 18.8 Å². The van der Waals surface area contributed by atoms with Crippen LogP contribution < -0.4 is 0 Å². The number of benzene rings is 1. The topological polar surface area (TPSA) is 34.9 Å². The molecular formula is C13H14N2O. The van der Waals surface area contributed by atoms with Gasteiger partial charge in [-0.25, -0.2) is 0 Å². The minimum atomic E-state index is 0.0168. The number of carbonyl (C=O) groups is 1. The van der Waals surface area contributed by atoms with Gasteiger partial charge in [-0.3, -0.25) is 9.48 Å². The summed E-state index contributed by atoms with van der Waals surface area (Å²) >= 11 is 0. The van der Waals surface area contributed by atoms with Crippen LogP contribution in [0.3, 0.4) is 0 Å². The van der Waals surface area contributed by atoms with Crippen molar-refractivity contribution in [3.8, 4) is 0 Å². The summed E-state index contributed by atoms with van der Waals surface area (Å²) in [5, 5.41) is 4.00. The van der Waals surface area contributed by atoms with Gasteiger partial charge in [0.1, 0.15) is 5.69 Å². The molecule has 1 aromatic carbocycles. The predicted molar refractivity (Wildman–Crippen MR) is 62.6 cm³/mol. The quantitative estimate of drug-likeness (QED) is 0.719. The normalized spacial score (nSPS) is 10.4. The first-order chi connectivity index (χ1) is 7.59. The zero-order valence-corrected chi connectivity index (χ0v) is 9.69. The molecule has 0 saturated carbocycles. The summed E-state index contributed by atoms with van der Waals surface area (Å²) in [5.74, 6) is 0.0168. The van der Waals surface area contributed by atoms with E-state index in [0.29, 0.717) is 11.3 Å². The summed E-state index contributed by atoms with van der Waals surface area (Å²) in [6.07, 6.45) is 1.63. The Morgan fingerprint density at radius 2 is 1.94 bits per heavy atom. The highest BCUT2D eigenvalue weighted by atomic mass is 16.1. The molecule has 0 saturated heterocycles. The van der Waals surface area contributed by atoms with Crippen LogP contribution >= 0.6 is 0 Å². The van der Waals surface area contributed by atoms with E-state index in [1.54, 1.807) is 24.0 Å². The monoisotopic (exact) mass is 214 g/mol. The zero-order valence-electron chi connectivity index (χ0n) is 9.69. The third-order valence-corrected chi connectivity index (χ3v) is 2.82. The average molecular weight is 214 g/mol. The summed E-state index contributed by atoms with van der Waals surface area (Å²) in [4.78, 5) is 12.1. The SMILES string of the molecule is Cc1ccc(C(=O)c2ccnn2C)cc1C. The van der Waals surface area contributed by atoms with Gasteiger partial charge in [0.2, 0.25) is 5.78 Å². The van der Waals surface area contributed by atoms with Crippen LogP contribution in [0.4, 0.5) is 0 Å². The summed E-state index contributed by atoms with van der Waals surface area (Å²) in [5.41, 5.74) is 3.66. The van der Waals surface area contributed by atoms with Crippen molar-refractivity contribution in [1.29, 1.82) is 0 Å². The van der Waals surface area contributed by atoms with Crippen molar-refractivity contribution < 1.29 is 4.79 Å². The Morgan fingerprint density at radius 3 is 2.50 bits per heavy atom. The third kappa shape index (κ3) is 1.76. The van der Waals surface area contributed by atoms with Gasteiger partial charge in [0.25, 0.3) is 0 Å². The Bertz CT molecular complexity index is 541. The minimum absolute atomic E-state index is 0.0168. The molecule has 2 rings (SSSR count). The number of aromatic nitrogens is 2. The molecule has 0 fully saturated rings. The molecule has 3 nitrogen and oxygen atoms in total. The first kappa shape index (κ1) is 10.6. The number of rotatable bonds is 2. The van der Waals surface area contributed by atoms with Gasteiger partial charge < -0.3 is 0 Å². The first-order valence-corrected chi connectivity index (χ1v) is 5.19. The van der Waals surface area contributed by atoms with E-state index in [0.717, 1.165) is 5.56 Å². The zero-order chi connectivity index (χ0) is 11.7. The number of carbonyl (C=O) groups excluding carboxylic acids is 1. The molecule has 3 heteroatoms. The van der Waals surface area contributed by atoms with Crippen LogP contribution in [0.15, 0.2) is 30.5 Å². The summed E-state index contributed by atoms with van der Waals surface area (Å²) in [6.45, 7) is 4.04. The first-order valence-electron chi connectivity index (χ1n) is 5.19. The lowest BCUT2D eigenvalue weighted by atomic mass is 10.0. The molecule has 0 N–H and O–H groups in total. The van der Waals surface area contributed by atoms with E-state index in [-0.39, 0.29) is 5.78 Å². The molecule has 0 amide bonds. The van der Waals surface area contributed by atoms with E-state index in [1.165, 1.54) is 5.56 Å². The second kappa shape index (κ2) is 3.93. The molecule has 0 radical (unpaired) electrons. The molecule has 2 aromatic rings. The van der Waals surface area contributed by atoms with Gasteiger partial charge in [-0.2, -0.15) is 5.10 Å². The highest BCUT2D eigenvalue weighted by Gasteiger charge is 2.12. The maximum absolute atomic E-state index is 12.1. The molecule has 1 heterocycles. The van der Waals surface area contributed by atoms with E-state index in [4.69, 9.17) is 0 Å². The highest BCUT2D eigenvalue weighted by molar-refractivity contribution is 6.07. The lowest BCUT2D eigenvalue weighted by Gasteiger charge is -2.04. The van der Waals surface area contributed by atoms with Crippen LogP contribution in [0.5, 0.6) is 0 Å². The largest absolute Gasteiger partial charge is 0.287 e. The molecule has 0 atom stereocenters. The molecule has 0 aliphatic rings. The summed E-state index contributed by atoms with van der Waals surface area (Å²) in [6, 6.07) is 7.48. The minimum Gasteiger partial charge on any atom is -0.287 e. The number of hydrogen-bond donors (Lipinski definition) is 0. The Morgan fingerprint density at radius 1 is 1.19 bits per heavy atom. The van der Waals surface area contributed by atoms with Crippen LogP contribution in [0.25, 0.3) is 0 Å². The van der Waals surface area contributed by atoms with Crippen molar-refractivity contribution in [2.75, 3.05) is 0 Å². The predicted octanol–water partition coefficient (Wildman–Crippen LogP) is 2.27. The molecule has 16 heavy (non-hydrogen) atoms. The molecular weight excluding hydrogens is 200 g/mol. The maximum Gasteiger partial charge on any atom is 0.211 e. The maximum atomic E-state index is 12.1. The summed E-state index contributed by atoms with van der Waals surface area (Å²) < 4.78 is 1.59. The fraction of sp³-hybridized carbons (Fsp3) is 0.231. The van der Waals surface area contributed by atoms with E-state index in [2.05, 4.69) is 5.10 Å². The van der Waals surface area contributed by atoms with Crippen molar-refractivity contribution >= 4 is 5.78 Å². The molecule has 82 valence electrons. The Hall–Kier alpha value is -1.90. The molecule has 0 bridgehead atoms.